The van der Waals surface area contributed by atoms with Crippen molar-refractivity contribution in [3.05, 3.63) is 0 Å². The molecule has 3 unspecified atom stereocenters. The third-order valence-electron chi connectivity index (χ3n) is 2.47. The zero-order valence-electron chi connectivity index (χ0n) is 11.7. The standard InChI is InChI=1S/C12H23NO4S/c1-8(2)6-13-11(14)10(4)18(16)7-9(3)12(15)17-5/h8-10H,6-7H2,1-5H3,(H,13,14). The minimum absolute atomic E-state index is 0.142. The second kappa shape index (κ2) is 8.24. The molecule has 3 atom stereocenters. The van der Waals surface area contributed by atoms with E-state index in [9.17, 15) is 13.8 Å². The van der Waals surface area contributed by atoms with E-state index >= 15 is 0 Å². The van der Waals surface area contributed by atoms with Crippen LogP contribution < -0.4 is 5.32 Å². The van der Waals surface area contributed by atoms with Crippen molar-refractivity contribution in [1.82, 2.24) is 5.32 Å². The first kappa shape index (κ1) is 17.1. The van der Waals surface area contributed by atoms with Crippen LogP contribution in [0.3, 0.4) is 0 Å². The van der Waals surface area contributed by atoms with E-state index in [4.69, 9.17) is 0 Å². The van der Waals surface area contributed by atoms with E-state index < -0.39 is 27.9 Å². The minimum atomic E-state index is -1.37. The zero-order valence-corrected chi connectivity index (χ0v) is 12.5. The smallest absolute Gasteiger partial charge is 0.309 e. The number of ether oxygens (including phenoxy) is 1. The molecule has 106 valence electrons. The highest BCUT2D eigenvalue weighted by Gasteiger charge is 2.24. The Morgan fingerprint density at radius 1 is 1.22 bits per heavy atom. The van der Waals surface area contributed by atoms with Gasteiger partial charge in [-0.25, -0.2) is 0 Å². The molecule has 1 N–H and O–H groups in total. The maximum atomic E-state index is 11.9. The second-order valence-corrected chi connectivity index (χ2v) is 6.55. The lowest BCUT2D eigenvalue weighted by atomic mass is 10.2. The summed E-state index contributed by atoms with van der Waals surface area (Å²) in [6.07, 6.45) is 0. The van der Waals surface area contributed by atoms with E-state index in [2.05, 4.69) is 10.1 Å². The van der Waals surface area contributed by atoms with Crippen molar-refractivity contribution in [2.45, 2.75) is 32.9 Å². The van der Waals surface area contributed by atoms with Gasteiger partial charge in [-0.1, -0.05) is 20.8 Å². The predicted molar refractivity (Wildman–Crippen MR) is 71.5 cm³/mol. The van der Waals surface area contributed by atoms with Gasteiger partial charge in [0.15, 0.2) is 0 Å². The summed E-state index contributed by atoms with van der Waals surface area (Å²) in [6.45, 7) is 7.79. The number of hydrogen-bond acceptors (Lipinski definition) is 4. The number of hydrogen-bond donors (Lipinski definition) is 1. The number of amides is 1. The minimum Gasteiger partial charge on any atom is -0.469 e. The van der Waals surface area contributed by atoms with Gasteiger partial charge < -0.3 is 10.1 Å². The molecule has 0 rings (SSSR count). The summed E-state index contributed by atoms with van der Waals surface area (Å²) < 4.78 is 16.5. The van der Waals surface area contributed by atoms with Crippen LogP contribution in [0.4, 0.5) is 0 Å². The fourth-order valence-corrected chi connectivity index (χ4v) is 2.47. The Labute approximate surface area is 111 Å². The Kier molecular flexibility index (Phi) is 7.82. The van der Waals surface area contributed by atoms with Crippen molar-refractivity contribution in [1.29, 1.82) is 0 Å². The maximum absolute atomic E-state index is 11.9. The molecular formula is C12H23NO4S. The lowest BCUT2D eigenvalue weighted by Crippen LogP contribution is -2.39. The van der Waals surface area contributed by atoms with Crippen LogP contribution >= 0.6 is 0 Å². The molecule has 6 heteroatoms. The van der Waals surface area contributed by atoms with Gasteiger partial charge in [-0.3, -0.25) is 13.8 Å². The normalized spacial score (nSPS) is 15.9. The molecule has 0 bridgehead atoms. The highest BCUT2D eigenvalue weighted by atomic mass is 32.2. The molecule has 0 aliphatic heterocycles. The van der Waals surface area contributed by atoms with Crippen LogP contribution in [0, 0.1) is 11.8 Å². The summed E-state index contributed by atoms with van der Waals surface area (Å²) in [7, 11) is -0.0825. The SMILES string of the molecule is COC(=O)C(C)CS(=O)C(C)C(=O)NCC(C)C. The maximum Gasteiger partial charge on any atom is 0.309 e. The van der Waals surface area contributed by atoms with Crippen LogP contribution in [0.2, 0.25) is 0 Å². The van der Waals surface area contributed by atoms with E-state index in [0.29, 0.717) is 12.5 Å². The third-order valence-corrected chi connectivity index (χ3v) is 4.30. The van der Waals surface area contributed by atoms with Crippen LogP contribution in [0.5, 0.6) is 0 Å². The molecule has 18 heavy (non-hydrogen) atoms. The van der Waals surface area contributed by atoms with Crippen molar-refractivity contribution < 1.29 is 18.5 Å². The predicted octanol–water partition coefficient (Wildman–Crippen LogP) is 0.705. The number of methoxy groups -OCH3 is 1. The molecule has 0 aromatic carbocycles. The summed E-state index contributed by atoms with van der Waals surface area (Å²) >= 11 is 0. The van der Waals surface area contributed by atoms with E-state index in [0.717, 1.165) is 0 Å². The fraction of sp³-hybridized carbons (Fsp3) is 0.833. The molecule has 0 aliphatic carbocycles. The van der Waals surface area contributed by atoms with Crippen molar-refractivity contribution in [2.24, 2.45) is 11.8 Å². The molecule has 1 amide bonds. The summed E-state index contributed by atoms with van der Waals surface area (Å²) in [6, 6.07) is 0. The number of carbonyl (C=O) groups is 2. The van der Waals surface area contributed by atoms with E-state index in [1.165, 1.54) is 7.11 Å². The number of carbonyl (C=O) groups excluding carboxylic acids is 2. The molecule has 0 saturated heterocycles. The van der Waals surface area contributed by atoms with E-state index in [-0.39, 0.29) is 11.7 Å². The van der Waals surface area contributed by atoms with Crippen molar-refractivity contribution in [2.75, 3.05) is 19.4 Å². The molecule has 0 aromatic heterocycles. The van der Waals surface area contributed by atoms with Gasteiger partial charge in [0.2, 0.25) is 5.91 Å². The highest BCUT2D eigenvalue weighted by molar-refractivity contribution is 7.86. The first-order valence-electron chi connectivity index (χ1n) is 6.02. The molecule has 5 nitrogen and oxygen atoms in total. The number of nitrogens with one attached hydrogen (secondary N) is 1. The molecule has 0 heterocycles. The van der Waals surface area contributed by atoms with Crippen molar-refractivity contribution in [3.63, 3.8) is 0 Å². The van der Waals surface area contributed by atoms with Gasteiger partial charge in [0, 0.05) is 23.1 Å². The average molecular weight is 277 g/mol. The van der Waals surface area contributed by atoms with Crippen LogP contribution in [0.15, 0.2) is 0 Å². The van der Waals surface area contributed by atoms with Crippen LogP contribution in [-0.2, 0) is 25.1 Å². The summed E-state index contributed by atoms with van der Waals surface area (Å²) in [5, 5.41) is 2.12. The fourth-order valence-electron chi connectivity index (χ4n) is 1.23. The molecular weight excluding hydrogens is 254 g/mol. The van der Waals surface area contributed by atoms with Gasteiger partial charge >= 0.3 is 5.97 Å². The number of esters is 1. The van der Waals surface area contributed by atoms with Gasteiger partial charge in [-0.2, -0.15) is 0 Å². The summed E-state index contributed by atoms with van der Waals surface area (Å²) in [5.41, 5.74) is 0. The van der Waals surface area contributed by atoms with Gasteiger partial charge in [-0.05, 0) is 12.8 Å². The van der Waals surface area contributed by atoms with E-state index in [1.54, 1.807) is 13.8 Å². The molecule has 0 aromatic rings. The molecule has 0 aliphatic rings. The van der Waals surface area contributed by atoms with Crippen molar-refractivity contribution >= 4 is 22.7 Å². The molecule has 0 saturated carbocycles. The lowest BCUT2D eigenvalue weighted by Gasteiger charge is -2.15. The van der Waals surface area contributed by atoms with Gasteiger partial charge in [0.1, 0.15) is 5.25 Å². The van der Waals surface area contributed by atoms with Gasteiger partial charge in [0.05, 0.1) is 13.0 Å². The Balaban J connectivity index is 4.25. The first-order valence-corrected chi connectivity index (χ1v) is 7.40. The zero-order chi connectivity index (χ0) is 14.3. The third kappa shape index (κ3) is 6.14. The van der Waals surface area contributed by atoms with Crippen LogP contribution in [-0.4, -0.2) is 40.7 Å². The second-order valence-electron chi connectivity index (χ2n) is 4.75. The molecule has 0 radical (unpaired) electrons. The Hall–Kier alpha value is -0.910. The van der Waals surface area contributed by atoms with Gasteiger partial charge in [-0.15, -0.1) is 0 Å². The summed E-state index contributed by atoms with van der Waals surface area (Å²) in [4.78, 5) is 22.9. The Morgan fingerprint density at radius 3 is 2.22 bits per heavy atom. The lowest BCUT2D eigenvalue weighted by molar-refractivity contribution is -0.144. The Morgan fingerprint density at radius 2 is 1.78 bits per heavy atom. The molecule has 0 fully saturated rings. The Bertz CT molecular complexity index is 317. The number of rotatable bonds is 7. The van der Waals surface area contributed by atoms with Crippen molar-refractivity contribution in [3.8, 4) is 0 Å². The van der Waals surface area contributed by atoms with Gasteiger partial charge in [0.25, 0.3) is 0 Å². The largest absolute Gasteiger partial charge is 0.469 e. The topological polar surface area (TPSA) is 72.5 Å². The monoisotopic (exact) mass is 277 g/mol. The highest BCUT2D eigenvalue weighted by Crippen LogP contribution is 2.06. The summed E-state index contributed by atoms with van der Waals surface area (Å²) in [5.74, 6) is -0.611. The van der Waals surface area contributed by atoms with E-state index in [1.807, 2.05) is 13.8 Å². The first-order chi connectivity index (χ1) is 8.29. The quantitative estimate of drug-likeness (QED) is 0.695. The van der Waals surface area contributed by atoms with Crippen LogP contribution in [0.1, 0.15) is 27.7 Å². The molecule has 0 spiro atoms. The average Bonchev–Trinajstić information content (AvgIpc) is 2.33. The van der Waals surface area contributed by atoms with Crippen LogP contribution in [0.25, 0.3) is 0 Å².